The van der Waals surface area contributed by atoms with E-state index in [9.17, 15) is 19.1 Å². The Kier molecular flexibility index (Phi) is 6.58. The molecule has 2 amide bonds. The van der Waals surface area contributed by atoms with Crippen LogP contribution in [0.4, 0.5) is 4.39 Å². The van der Waals surface area contributed by atoms with Gasteiger partial charge < -0.3 is 20.1 Å². The lowest BCUT2D eigenvalue weighted by molar-refractivity contribution is -0.149. The highest BCUT2D eigenvalue weighted by Gasteiger charge is 2.48. The summed E-state index contributed by atoms with van der Waals surface area (Å²) < 4.78 is 18.7. The second-order valence-corrected chi connectivity index (χ2v) is 8.84. The number of halogens is 1. The van der Waals surface area contributed by atoms with Gasteiger partial charge in [0.25, 0.3) is 5.91 Å². The Morgan fingerprint density at radius 2 is 1.75 bits per heavy atom. The SMILES string of the molecule is CC1(O)CCN(C(=O)C2CCOCC2)C(c2ccccc2)C1NC(=O)c1ccc(F)cc1. The van der Waals surface area contributed by atoms with Crippen LogP contribution in [-0.2, 0) is 9.53 Å². The van der Waals surface area contributed by atoms with Crippen molar-refractivity contribution in [1.29, 1.82) is 0 Å². The maximum Gasteiger partial charge on any atom is 0.251 e. The fraction of sp³-hybridized carbons (Fsp3) is 0.440. The van der Waals surface area contributed by atoms with Gasteiger partial charge in [-0.05, 0) is 56.0 Å². The monoisotopic (exact) mass is 440 g/mol. The van der Waals surface area contributed by atoms with Crippen LogP contribution in [0.2, 0.25) is 0 Å². The van der Waals surface area contributed by atoms with Crippen LogP contribution in [0.5, 0.6) is 0 Å². The summed E-state index contributed by atoms with van der Waals surface area (Å²) in [4.78, 5) is 28.3. The largest absolute Gasteiger partial charge is 0.388 e. The summed E-state index contributed by atoms with van der Waals surface area (Å²) in [5.41, 5.74) is -0.0953. The average molecular weight is 441 g/mol. The molecule has 3 unspecified atom stereocenters. The summed E-state index contributed by atoms with van der Waals surface area (Å²) in [5, 5.41) is 14.2. The second-order valence-electron chi connectivity index (χ2n) is 8.84. The number of hydrogen-bond donors (Lipinski definition) is 2. The Morgan fingerprint density at radius 1 is 1.09 bits per heavy atom. The lowest BCUT2D eigenvalue weighted by atomic mass is 9.78. The molecule has 2 heterocycles. The highest BCUT2D eigenvalue weighted by molar-refractivity contribution is 5.94. The van der Waals surface area contributed by atoms with Crippen LogP contribution in [0, 0.1) is 11.7 Å². The van der Waals surface area contributed by atoms with E-state index < -0.39 is 29.4 Å². The smallest absolute Gasteiger partial charge is 0.251 e. The minimum absolute atomic E-state index is 0.0266. The van der Waals surface area contributed by atoms with Crippen molar-refractivity contribution in [3.63, 3.8) is 0 Å². The summed E-state index contributed by atoms with van der Waals surface area (Å²) in [5.74, 6) is -0.955. The minimum Gasteiger partial charge on any atom is -0.388 e. The van der Waals surface area contributed by atoms with Gasteiger partial charge in [0.15, 0.2) is 0 Å². The van der Waals surface area contributed by atoms with Crippen LogP contribution in [0.3, 0.4) is 0 Å². The number of carbonyl (C=O) groups is 2. The van der Waals surface area contributed by atoms with E-state index in [0.29, 0.717) is 44.6 Å². The summed E-state index contributed by atoms with van der Waals surface area (Å²) >= 11 is 0. The van der Waals surface area contributed by atoms with Crippen molar-refractivity contribution in [2.24, 2.45) is 5.92 Å². The average Bonchev–Trinajstić information content (AvgIpc) is 2.81. The minimum atomic E-state index is -1.23. The quantitative estimate of drug-likeness (QED) is 0.766. The van der Waals surface area contributed by atoms with Gasteiger partial charge in [0.1, 0.15) is 5.82 Å². The number of ether oxygens (including phenoxy) is 1. The van der Waals surface area contributed by atoms with Gasteiger partial charge in [0.2, 0.25) is 5.91 Å². The zero-order valence-electron chi connectivity index (χ0n) is 18.2. The van der Waals surface area contributed by atoms with Crippen LogP contribution in [0.15, 0.2) is 54.6 Å². The first-order chi connectivity index (χ1) is 15.4. The van der Waals surface area contributed by atoms with Gasteiger partial charge >= 0.3 is 0 Å². The van der Waals surface area contributed by atoms with E-state index >= 15 is 0 Å². The van der Waals surface area contributed by atoms with Gasteiger partial charge in [0.05, 0.1) is 17.7 Å². The van der Waals surface area contributed by atoms with E-state index in [4.69, 9.17) is 4.74 Å². The predicted octanol–water partition coefficient (Wildman–Crippen LogP) is 3.08. The molecule has 0 aliphatic carbocycles. The standard InChI is InChI=1S/C25H29FN2O4/c1-25(31)13-14-28(24(30)19-11-15-32-16-12-19)21(17-5-3-2-4-6-17)22(25)27-23(29)18-7-9-20(26)10-8-18/h2-10,19,21-22,31H,11-16H2,1H3,(H,27,29). The van der Waals surface area contributed by atoms with Crippen molar-refractivity contribution in [1.82, 2.24) is 10.2 Å². The molecule has 2 fully saturated rings. The Morgan fingerprint density at radius 3 is 2.41 bits per heavy atom. The van der Waals surface area contributed by atoms with Gasteiger partial charge in [-0.3, -0.25) is 9.59 Å². The summed E-state index contributed by atoms with van der Waals surface area (Å²) in [6, 6.07) is 13.5. The molecule has 0 radical (unpaired) electrons. The van der Waals surface area contributed by atoms with Crippen LogP contribution in [0.1, 0.15) is 48.1 Å². The summed E-state index contributed by atoms with van der Waals surface area (Å²) in [7, 11) is 0. The molecule has 0 saturated carbocycles. The van der Waals surface area contributed by atoms with E-state index in [1.165, 1.54) is 24.3 Å². The van der Waals surface area contributed by atoms with Gasteiger partial charge in [0, 0.05) is 31.2 Å². The lowest BCUT2D eigenvalue weighted by Gasteiger charge is -2.50. The van der Waals surface area contributed by atoms with E-state index in [-0.39, 0.29) is 11.8 Å². The zero-order valence-corrected chi connectivity index (χ0v) is 18.2. The highest BCUT2D eigenvalue weighted by atomic mass is 19.1. The van der Waals surface area contributed by atoms with Crippen molar-refractivity contribution < 1.29 is 23.8 Å². The predicted molar refractivity (Wildman–Crippen MR) is 117 cm³/mol. The number of aliphatic hydroxyl groups is 1. The Balaban J connectivity index is 1.67. The first kappa shape index (κ1) is 22.4. The maximum absolute atomic E-state index is 13.5. The number of piperidine rings is 1. The van der Waals surface area contributed by atoms with Gasteiger partial charge in [-0.15, -0.1) is 0 Å². The normalized spacial score (nSPS) is 26.5. The number of hydrogen-bond acceptors (Lipinski definition) is 4. The fourth-order valence-corrected chi connectivity index (χ4v) is 4.67. The molecule has 2 saturated heterocycles. The molecule has 2 N–H and O–H groups in total. The van der Waals surface area contributed by atoms with Gasteiger partial charge in [-0.2, -0.15) is 0 Å². The van der Waals surface area contributed by atoms with E-state index in [1.807, 2.05) is 30.3 Å². The fourth-order valence-electron chi connectivity index (χ4n) is 4.67. The van der Waals surface area contributed by atoms with Gasteiger partial charge in [-0.25, -0.2) is 4.39 Å². The van der Waals surface area contributed by atoms with Crippen molar-refractivity contribution in [2.75, 3.05) is 19.8 Å². The molecule has 0 aromatic heterocycles. The van der Waals surface area contributed by atoms with Crippen LogP contribution >= 0.6 is 0 Å². The number of nitrogens with one attached hydrogen (secondary N) is 1. The first-order valence-electron chi connectivity index (χ1n) is 11.1. The van der Waals surface area contributed by atoms with E-state index in [0.717, 1.165) is 5.56 Å². The highest BCUT2D eigenvalue weighted by Crippen LogP contribution is 2.38. The molecule has 32 heavy (non-hydrogen) atoms. The van der Waals surface area contributed by atoms with Crippen LogP contribution < -0.4 is 5.32 Å². The van der Waals surface area contributed by atoms with E-state index in [2.05, 4.69) is 5.32 Å². The van der Waals surface area contributed by atoms with Crippen molar-refractivity contribution >= 4 is 11.8 Å². The van der Waals surface area contributed by atoms with Crippen molar-refractivity contribution in [2.45, 2.75) is 43.9 Å². The summed E-state index contributed by atoms with van der Waals surface area (Å²) in [6.07, 6.45) is 1.67. The molecule has 170 valence electrons. The molecule has 2 aliphatic heterocycles. The third-order valence-corrected chi connectivity index (χ3v) is 6.57. The Hall–Kier alpha value is -2.77. The number of rotatable bonds is 4. The summed E-state index contributed by atoms with van der Waals surface area (Å²) in [6.45, 7) is 3.20. The maximum atomic E-state index is 13.5. The van der Waals surface area contributed by atoms with Crippen LogP contribution in [-0.4, -0.2) is 53.2 Å². The van der Waals surface area contributed by atoms with E-state index in [1.54, 1.807) is 11.8 Å². The van der Waals surface area contributed by atoms with Gasteiger partial charge in [-0.1, -0.05) is 30.3 Å². The third-order valence-electron chi connectivity index (χ3n) is 6.57. The molecule has 7 heteroatoms. The number of nitrogens with zero attached hydrogens (tertiary/aromatic N) is 1. The molecular formula is C25H29FN2O4. The number of amides is 2. The molecule has 2 aliphatic rings. The molecular weight excluding hydrogens is 411 g/mol. The molecule has 2 aromatic carbocycles. The zero-order chi connectivity index (χ0) is 22.7. The molecule has 3 atom stereocenters. The topological polar surface area (TPSA) is 78.9 Å². The molecule has 2 aromatic rings. The molecule has 0 bridgehead atoms. The number of likely N-dealkylation sites (tertiary alicyclic amines) is 1. The molecule has 0 spiro atoms. The first-order valence-corrected chi connectivity index (χ1v) is 11.1. The Labute approximate surface area is 187 Å². The van der Waals surface area contributed by atoms with Crippen molar-refractivity contribution in [3.05, 3.63) is 71.5 Å². The Bertz CT molecular complexity index is 942. The van der Waals surface area contributed by atoms with Crippen LogP contribution in [0.25, 0.3) is 0 Å². The third kappa shape index (κ3) is 4.69. The molecule has 6 nitrogen and oxygen atoms in total. The lowest BCUT2D eigenvalue weighted by Crippen LogP contribution is -2.64. The second kappa shape index (κ2) is 9.38. The molecule has 4 rings (SSSR count). The number of carbonyl (C=O) groups excluding carboxylic acids is 2. The van der Waals surface area contributed by atoms with Crippen molar-refractivity contribution in [3.8, 4) is 0 Å². The number of benzene rings is 2.